The molecule has 1 rings (SSSR count). The SMILES string of the molecule is CCC(C)(C#N)NS(=O)(=O)c1ccc(F)c(F)c1. The van der Waals surface area contributed by atoms with Crippen LogP contribution in [0.5, 0.6) is 0 Å². The van der Waals surface area contributed by atoms with E-state index in [0.29, 0.717) is 6.07 Å². The fourth-order valence-corrected chi connectivity index (χ4v) is 2.58. The van der Waals surface area contributed by atoms with Gasteiger partial charge in [0, 0.05) is 0 Å². The molecule has 0 spiro atoms. The third kappa shape index (κ3) is 3.03. The number of hydrogen-bond donors (Lipinski definition) is 1. The Morgan fingerprint density at radius 3 is 2.44 bits per heavy atom. The average Bonchev–Trinajstić information content (AvgIpc) is 2.32. The van der Waals surface area contributed by atoms with Crippen LogP contribution < -0.4 is 4.72 Å². The van der Waals surface area contributed by atoms with Gasteiger partial charge in [0.2, 0.25) is 10.0 Å². The lowest BCUT2D eigenvalue weighted by Crippen LogP contribution is -2.44. The van der Waals surface area contributed by atoms with E-state index < -0.39 is 32.1 Å². The van der Waals surface area contributed by atoms with E-state index in [1.54, 1.807) is 6.92 Å². The minimum atomic E-state index is -4.06. The second-order valence-corrected chi connectivity index (χ2v) is 5.66. The zero-order valence-electron chi connectivity index (χ0n) is 9.87. The summed E-state index contributed by atoms with van der Waals surface area (Å²) >= 11 is 0. The van der Waals surface area contributed by atoms with E-state index in [-0.39, 0.29) is 6.42 Å². The summed E-state index contributed by atoms with van der Waals surface area (Å²) in [6, 6.07) is 4.06. The molecule has 0 saturated heterocycles. The Labute approximate surface area is 104 Å². The fraction of sp³-hybridized carbons (Fsp3) is 0.364. The summed E-state index contributed by atoms with van der Waals surface area (Å²) in [5, 5.41) is 8.88. The van der Waals surface area contributed by atoms with Gasteiger partial charge in [-0.1, -0.05) is 6.92 Å². The highest BCUT2D eigenvalue weighted by Gasteiger charge is 2.29. The summed E-state index contributed by atoms with van der Waals surface area (Å²) in [6.45, 7) is 3.04. The molecule has 98 valence electrons. The molecular formula is C11H12F2N2O2S. The second-order valence-electron chi connectivity index (χ2n) is 3.98. The Balaban J connectivity index is 3.15. The third-order valence-electron chi connectivity index (χ3n) is 2.51. The molecule has 0 amide bonds. The first-order chi connectivity index (χ1) is 8.24. The molecule has 0 bridgehead atoms. The van der Waals surface area contributed by atoms with Gasteiger partial charge in [-0.05, 0) is 31.5 Å². The van der Waals surface area contributed by atoms with Crippen molar-refractivity contribution in [1.82, 2.24) is 4.72 Å². The Morgan fingerprint density at radius 2 is 2.00 bits per heavy atom. The number of rotatable bonds is 4. The van der Waals surface area contributed by atoms with Crippen molar-refractivity contribution < 1.29 is 17.2 Å². The van der Waals surface area contributed by atoms with Gasteiger partial charge in [-0.15, -0.1) is 0 Å². The minimum Gasteiger partial charge on any atom is -0.207 e. The smallest absolute Gasteiger partial charge is 0.207 e. The first-order valence-electron chi connectivity index (χ1n) is 5.14. The summed E-state index contributed by atoms with van der Waals surface area (Å²) in [7, 11) is -4.06. The van der Waals surface area contributed by atoms with Crippen LogP contribution in [0.15, 0.2) is 23.1 Å². The van der Waals surface area contributed by atoms with Gasteiger partial charge in [-0.25, -0.2) is 17.2 Å². The predicted octanol–water partition coefficient (Wildman–Crippen LogP) is 1.94. The third-order valence-corrected chi connectivity index (χ3v) is 4.11. The quantitative estimate of drug-likeness (QED) is 0.912. The number of nitrogens with one attached hydrogen (secondary N) is 1. The van der Waals surface area contributed by atoms with Crippen LogP contribution >= 0.6 is 0 Å². The zero-order valence-corrected chi connectivity index (χ0v) is 10.7. The lowest BCUT2D eigenvalue weighted by atomic mass is 10.0. The standard InChI is InChI=1S/C11H12F2N2O2S/c1-3-11(2,7-14)15-18(16,17)8-4-5-9(12)10(13)6-8/h4-6,15H,3H2,1-2H3. The van der Waals surface area contributed by atoms with Crippen molar-refractivity contribution in [2.24, 2.45) is 0 Å². The number of benzene rings is 1. The Bertz CT molecular complexity index is 596. The van der Waals surface area contributed by atoms with E-state index in [0.717, 1.165) is 12.1 Å². The molecule has 1 atom stereocenters. The van der Waals surface area contributed by atoms with Gasteiger partial charge < -0.3 is 0 Å². The van der Waals surface area contributed by atoms with Gasteiger partial charge in [0.1, 0.15) is 5.54 Å². The van der Waals surface area contributed by atoms with Crippen molar-refractivity contribution in [2.75, 3.05) is 0 Å². The van der Waals surface area contributed by atoms with Crippen LogP contribution in [0.3, 0.4) is 0 Å². The molecule has 0 aliphatic heterocycles. The molecule has 1 unspecified atom stereocenters. The molecule has 0 radical (unpaired) electrons. The second kappa shape index (κ2) is 5.00. The Hall–Kier alpha value is -1.52. The van der Waals surface area contributed by atoms with Crippen LogP contribution in [0.25, 0.3) is 0 Å². The lowest BCUT2D eigenvalue weighted by Gasteiger charge is -2.21. The summed E-state index contributed by atoms with van der Waals surface area (Å²) < 4.78 is 51.6. The van der Waals surface area contributed by atoms with E-state index in [2.05, 4.69) is 4.72 Å². The van der Waals surface area contributed by atoms with Crippen LogP contribution in [-0.2, 0) is 10.0 Å². The fourth-order valence-electron chi connectivity index (χ4n) is 1.17. The maximum Gasteiger partial charge on any atom is 0.242 e. The van der Waals surface area contributed by atoms with Gasteiger partial charge in [0.05, 0.1) is 11.0 Å². The van der Waals surface area contributed by atoms with Gasteiger partial charge in [-0.3, -0.25) is 0 Å². The maximum atomic E-state index is 13.0. The highest BCUT2D eigenvalue weighted by molar-refractivity contribution is 7.89. The van der Waals surface area contributed by atoms with Crippen molar-refractivity contribution in [3.8, 4) is 6.07 Å². The average molecular weight is 274 g/mol. The van der Waals surface area contributed by atoms with Crippen LogP contribution in [-0.4, -0.2) is 14.0 Å². The van der Waals surface area contributed by atoms with Crippen LogP contribution in [0, 0.1) is 23.0 Å². The largest absolute Gasteiger partial charge is 0.242 e. The first-order valence-corrected chi connectivity index (χ1v) is 6.63. The molecule has 0 aliphatic carbocycles. The van der Waals surface area contributed by atoms with Gasteiger partial charge >= 0.3 is 0 Å². The van der Waals surface area contributed by atoms with Crippen LogP contribution in [0.2, 0.25) is 0 Å². The summed E-state index contributed by atoms with van der Waals surface area (Å²) in [4.78, 5) is -0.420. The van der Waals surface area contributed by atoms with E-state index in [1.165, 1.54) is 6.92 Å². The van der Waals surface area contributed by atoms with Crippen molar-refractivity contribution in [3.05, 3.63) is 29.8 Å². The number of nitriles is 1. The predicted molar refractivity (Wildman–Crippen MR) is 61.0 cm³/mol. The molecule has 0 saturated carbocycles. The number of hydrogen-bond acceptors (Lipinski definition) is 3. The molecule has 1 N–H and O–H groups in total. The highest BCUT2D eigenvalue weighted by Crippen LogP contribution is 2.17. The summed E-state index contributed by atoms with van der Waals surface area (Å²) in [5.41, 5.74) is -1.29. The topological polar surface area (TPSA) is 70.0 Å². The number of nitrogens with zero attached hydrogens (tertiary/aromatic N) is 1. The van der Waals surface area contributed by atoms with Crippen molar-refractivity contribution in [2.45, 2.75) is 30.7 Å². The van der Waals surface area contributed by atoms with Gasteiger partial charge in [0.25, 0.3) is 0 Å². The molecule has 0 aliphatic rings. The van der Waals surface area contributed by atoms with Crippen molar-refractivity contribution in [1.29, 1.82) is 5.26 Å². The molecule has 0 heterocycles. The van der Waals surface area contributed by atoms with Crippen LogP contribution in [0.1, 0.15) is 20.3 Å². The summed E-state index contributed by atoms with van der Waals surface area (Å²) in [5.74, 6) is -2.39. The van der Waals surface area contributed by atoms with E-state index in [4.69, 9.17) is 5.26 Å². The minimum absolute atomic E-state index is 0.242. The van der Waals surface area contributed by atoms with Gasteiger partial charge in [0.15, 0.2) is 11.6 Å². The van der Waals surface area contributed by atoms with Gasteiger partial charge in [-0.2, -0.15) is 9.98 Å². The van der Waals surface area contributed by atoms with Crippen LogP contribution in [0.4, 0.5) is 8.78 Å². The molecule has 18 heavy (non-hydrogen) atoms. The van der Waals surface area contributed by atoms with E-state index in [9.17, 15) is 17.2 Å². The number of halogens is 2. The first kappa shape index (κ1) is 14.5. The maximum absolute atomic E-state index is 13.0. The Kier molecular flexibility index (Phi) is 4.04. The molecule has 7 heteroatoms. The molecule has 0 aromatic heterocycles. The monoisotopic (exact) mass is 274 g/mol. The van der Waals surface area contributed by atoms with E-state index in [1.807, 2.05) is 6.07 Å². The lowest BCUT2D eigenvalue weighted by molar-refractivity contribution is 0.489. The van der Waals surface area contributed by atoms with E-state index >= 15 is 0 Å². The van der Waals surface area contributed by atoms with Crippen molar-refractivity contribution in [3.63, 3.8) is 0 Å². The summed E-state index contributed by atoms with van der Waals surface area (Å²) in [6.07, 6.45) is 0.242. The number of sulfonamides is 1. The molecule has 1 aromatic rings. The zero-order chi connectivity index (χ0) is 14.0. The molecular weight excluding hydrogens is 262 g/mol. The Morgan fingerprint density at radius 1 is 1.39 bits per heavy atom. The molecule has 1 aromatic carbocycles. The highest BCUT2D eigenvalue weighted by atomic mass is 32.2. The van der Waals surface area contributed by atoms with Crippen molar-refractivity contribution >= 4 is 10.0 Å². The normalized spacial score (nSPS) is 14.8. The molecule has 4 nitrogen and oxygen atoms in total. The molecule has 0 fully saturated rings.